The molecular weight excluding hydrogens is 242 g/mol. The highest BCUT2D eigenvalue weighted by atomic mass is 16.5. The molecule has 0 aromatic carbocycles. The van der Waals surface area contributed by atoms with Crippen LogP contribution in [0.15, 0.2) is 0 Å². The SMILES string of the molecule is C[C@@H](COCCCC(O)C(O)[C@@H](C)O)C(=O)NO. The molecule has 7 heteroatoms. The third-order valence-corrected chi connectivity index (χ3v) is 2.60. The standard InChI is InChI=1S/C11H23NO6/c1-7(11(16)12-17)6-18-5-3-4-9(14)10(15)8(2)13/h7-10,13-15,17H,3-6H2,1-2H3,(H,12,16)/t7-,8+,9?,10?/m0/s1. The number of amides is 1. The number of hydrogen-bond donors (Lipinski definition) is 5. The van der Waals surface area contributed by atoms with Crippen LogP contribution in [0.2, 0.25) is 0 Å². The van der Waals surface area contributed by atoms with E-state index in [4.69, 9.17) is 15.1 Å². The van der Waals surface area contributed by atoms with E-state index in [1.807, 2.05) is 0 Å². The molecule has 0 heterocycles. The molecule has 0 aliphatic rings. The summed E-state index contributed by atoms with van der Waals surface area (Å²) in [6.07, 6.45) is -2.34. The molecule has 0 aliphatic carbocycles. The number of carbonyl (C=O) groups excluding carboxylic acids is 1. The Morgan fingerprint density at radius 2 is 1.89 bits per heavy atom. The smallest absolute Gasteiger partial charge is 0.248 e. The summed E-state index contributed by atoms with van der Waals surface area (Å²) in [5.74, 6) is -0.970. The van der Waals surface area contributed by atoms with Gasteiger partial charge >= 0.3 is 0 Å². The molecule has 108 valence electrons. The van der Waals surface area contributed by atoms with Gasteiger partial charge in [-0.05, 0) is 19.8 Å². The van der Waals surface area contributed by atoms with E-state index in [1.165, 1.54) is 12.4 Å². The van der Waals surface area contributed by atoms with Crippen LogP contribution in [0.5, 0.6) is 0 Å². The van der Waals surface area contributed by atoms with E-state index in [0.717, 1.165) is 0 Å². The van der Waals surface area contributed by atoms with Crippen LogP contribution in [-0.4, -0.2) is 58.0 Å². The van der Waals surface area contributed by atoms with Crippen molar-refractivity contribution in [2.24, 2.45) is 5.92 Å². The van der Waals surface area contributed by atoms with Gasteiger partial charge in [0.1, 0.15) is 6.10 Å². The summed E-state index contributed by atoms with van der Waals surface area (Å²) in [6, 6.07) is 0. The molecule has 4 atom stereocenters. The Bertz CT molecular complexity index is 236. The molecule has 0 aromatic rings. The van der Waals surface area contributed by atoms with Crippen molar-refractivity contribution in [2.45, 2.75) is 45.0 Å². The van der Waals surface area contributed by atoms with Crippen LogP contribution in [0.3, 0.4) is 0 Å². The lowest BCUT2D eigenvalue weighted by molar-refractivity contribution is -0.134. The molecule has 7 nitrogen and oxygen atoms in total. The first kappa shape index (κ1) is 17.3. The van der Waals surface area contributed by atoms with E-state index >= 15 is 0 Å². The van der Waals surface area contributed by atoms with Gasteiger partial charge in [0.15, 0.2) is 0 Å². The minimum Gasteiger partial charge on any atom is -0.391 e. The second-order valence-corrected chi connectivity index (χ2v) is 4.39. The molecule has 18 heavy (non-hydrogen) atoms. The lowest BCUT2D eigenvalue weighted by Gasteiger charge is -2.20. The maximum atomic E-state index is 10.9. The van der Waals surface area contributed by atoms with E-state index in [1.54, 1.807) is 6.92 Å². The Balaban J connectivity index is 3.59. The van der Waals surface area contributed by atoms with Crippen molar-refractivity contribution in [3.63, 3.8) is 0 Å². The molecule has 1 amide bonds. The topological polar surface area (TPSA) is 119 Å². The van der Waals surface area contributed by atoms with Gasteiger partial charge in [0.25, 0.3) is 0 Å². The van der Waals surface area contributed by atoms with Crippen LogP contribution >= 0.6 is 0 Å². The van der Waals surface area contributed by atoms with Gasteiger partial charge in [0.05, 0.1) is 24.7 Å². The van der Waals surface area contributed by atoms with Crippen molar-refractivity contribution in [1.29, 1.82) is 0 Å². The Morgan fingerprint density at radius 1 is 1.28 bits per heavy atom. The monoisotopic (exact) mass is 265 g/mol. The van der Waals surface area contributed by atoms with Crippen molar-refractivity contribution in [2.75, 3.05) is 13.2 Å². The first-order valence-electron chi connectivity index (χ1n) is 5.96. The number of aliphatic hydroxyl groups is 3. The van der Waals surface area contributed by atoms with E-state index in [2.05, 4.69) is 0 Å². The van der Waals surface area contributed by atoms with Gasteiger partial charge in [0, 0.05) is 6.61 Å². The number of aliphatic hydroxyl groups excluding tert-OH is 3. The van der Waals surface area contributed by atoms with Crippen LogP contribution in [0, 0.1) is 5.92 Å². The van der Waals surface area contributed by atoms with E-state index in [0.29, 0.717) is 19.4 Å². The summed E-state index contributed by atoms with van der Waals surface area (Å²) >= 11 is 0. The summed E-state index contributed by atoms with van der Waals surface area (Å²) in [4.78, 5) is 10.9. The van der Waals surface area contributed by atoms with Crippen molar-refractivity contribution in [1.82, 2.24) is 5.48 Å². The van der Waals surface area contributed by atoms with Crippen LogP contribution < -0.4 is 5.48 Å². The average Bonchev–Trinajstić information content (AvgIpc) is 2.35. The van der Waals surface area contributed by atoms with Crippen LogP contribution in [0.1, 0.15) is 26.7 Å². The van der Waals surface area contributed by atoms with Crippen LogP contribution in [0.25, 0.3) is 0 Å². The molecule has 0 saturated carbocycles. The van der Waals surface area contributed by atoms with Crippen molar-refractivity contribution < 1.29 is 30.1 Å². The number of hydrogen-bond acceptors (Lipinski definition) is 6. The van der Waals surface area contributed by atoms with Gasteiger partial charge in [-0.25, -0.2) is 5.48 Å². The second kappa shape index (κ2) is 9.23. The highest BCUT2D eigenvalue weighted by molar-refractivity contribution is 5.77. The van der Waals surface area contributed by atoms with Gasteiger partial charge in [-0.1, -0.05) is 6.92 Å². The molecule has 0 aliphatic heterocycles. The van der Waals surface area contributed by atoms with Crippen molar-refractivity contribution >= 4 is 5.91 Å². The van der Waals surface area contributed by atoms with E-state index < -0.39 is 30.1 Å². The Kier molecular flexibility index (Phi) is 8.86. The summed E-state index contributed by atoms with van der Waals surface area (Å²) in [7, 11) is 0. The van der Waals surface area contributed by atoms with Crippen molar-refractivity contribution in [3.05, 3.63) is 0 Å². The molecule has 0 radical (unpaired) electrons. The zero-order chi connectivity index (χ0) is 14.1. The minimum absolute atomic E-state index is 0.168. The summed E-state index contributed by atoms with van der Waals surface area (Å²) in [5, 5.41) is 36.2. The molecule has 0 rings (SSSR count). The maximum Gasteiger partial charge on any atom is 0.248 e. The third-order valence-electron chi connectivity index (χ3n) is 2.60. The van der Waals surface area contributed by atoms with E-state index in [9.17, 15) is 15.0 Å². The molecular formula is C11H23NO6. The Morgan fingerprint density at radius 3 is 2.39 bits per heavy atom. The molecule has 0 bridgehead atoms. The normalized spacial score (nSPS) is 17.9. The average molecular weight is 265 g/mol. The van der Waals surface area contributed by atoms with Crippen LogP contribution in [0.4, 0.5) is 0 Å². The number of nitrogens with one attached hydrogen (secondary N) is 1. The first-order chi connectivity index (χ1) is 8.40. The molecule has 0 saturated heterocycles. The van der Waals surface area contributed by atoms with E-state index in [-0.39, 0.29) is 6.61 Å². The fourth-order valence-corrected chi connectivity index (χ4v) is 1.33. The Hall–Kier alpha value is -0.730. The van der Waals surface area contributed by atoms with Gasteiger partial charge in [-0.15, -0.1) is 0 Å². The summed E-state index contributed by atoms with van der Waals surface area (Å²) in [5.41, 5.74) is 1.53. The zero-order valence-corrected chi connectivity index (χ0v) is 10.7. The number of carbonyl (C=O) groups is 1. The zero-order valence-electron chi connectivity index (χ0n) is 10.7. The first-order valence-corrected chi connectivity index (χ1v) is 5.96. The highest BCUT2D eigenvalue weighted by Gasteiger charge is 2.20. The summed E-state index contributed by atoms with van der Waals surface area (Å²) < 4.78 is 5.18. The van der Waals surface area contributed by atoms with Crippen molar-refractivity contribution in [3.8, 4) is 0 Å². The third kappa shape index (κ3) is 6.87. The molecule has 0 spiro atoms. The van der Waals surface area contributed by atoms with Gasteiger partial charge in [-0.2, -0.15) is 0 Å². The molecule has 0 fully saturated rings. The second-order valence-electron chi connectivity index (χ2n) is 4.39. The van der Waals surface area contributed by atoms with Crippen LogP contribution in [-0.2, 0) is 9.53 Å². The number of ether oxygens (including phenoxy) is 1. The number of rotatable bonds is 9. The fourth-order valence-electron chi connectivity index (χ4n) is 1.33. The fraction of sp³-hybridized carbons (Fsp3) is 0.909. The Labute approximate surface area is 106 Å². The summed E-state index contributed by atoms with van der Waals surface area (Å²) in [6.45, 7) is 3.51. The predicted molar refractivity (Wildman–Crippen MR) is 62.8 cm³/mol. The molecule has 0 aromatic heterocycles. The lowest BCUT2D eigenvalue weighted by atomic mass is 10.1. The highest BCUT2D eigenvalue weighted by Crippen LogP contribution is 2.07. The predicted octanol–water partition coefficient (Wildman–Crippen LogP) is -0.973. The molecule has 2 unspecified atom stereocenters. The molecule has 5 N–H and O–H groups in total. The number of hydroxylamine groups is 1. The van der Waals surface area contributed by atoms with Gasteiger partial charge in [-0.3, -0.25) is 10.0 Å². The van der Waals surface area contributed by atoms with Gasteiger partial charge < -0.3 is 20.1 Å². The quantitative estimate of drug-likeness (QED) is 0.208. The maximum absolute atomic E-state index is 10.9. The minimum atomic E-state index is -1.16. The lowest BCUT2D eigenvalue weighted by Crippen LogP contribution is -2.35. The van der Waals surface area contributed by atoms with Gasteiger partial charge in [0.2, 0.25) is 5.91 Å². The largest absolute Gasteiger partial charge is 0.391 e.